The molecule has 1 aliphatic rings. The fourth-order valence-corrected chi connectivity index (χ4v) is 4.06. The number of hydrogen-bond donors (Lipinski definition) is 1. The standard InChI is InChI=1S/C23H20N4O3S/c1-15-6-8-19(9-7-15)30-13-20-25-18(14-31-20)12-27-21(28)23(2,26-22(27)29)17-5-3-4-16(10-17)11-24/h3-10,14H,12-13H2,1-2H3,(H,26,29). The number of hydrogen-bond acceptors (Lipinski definition) is 6. The highest BCUT2D eigenvalue weighted by molar-refractivity contribution is 7.09. The maximum Gasteiger partial charge on any atom is 0.325 e. The van der Waals surface area contributed by atoms with E-state index in [1.54, 1.807) is 31.2 Å². The molecule has 3 aromatic rings. The van der Waals surface area contributed by atoms with Crippen molar-refractivity contribution in [3.05, 3.63) is 81.3 Å². The van der Waals surface area contributed by atoms with E-state index in [1.165, 1.54) is 11.3 Å². The molecule has 7 nitrogen and oxygen atoms in total. The predicted molar refractivity (Wildman–Crippen MR) is 115 cm³/mol. The highest BCUT2D eigenvalue weighted by Gasteiger charge is 2.49. The highest BCUT2D eigenvalue weighted by Crippen LogP contribution is 2.30. The first-order valence-electron chi connectivity index (χ1n) is 9.66. The number of nitrogens with zero attached hydrogens (tertiary/aromatic N) is 3. The number of aromatic nitrogens is 1. The van der Waals surface area contributed by atoms with E-state index >= 15 is 0 Å². The lowest BCUT2D eigenvalue weighted by Crippen LogP contribution is -2.40. The Morgan fingerprint density at radius 3 is 2.74 bits per heavy atom. The molecule has 0 radical (unpaired) electrons. The van der Waals surface area contributed by atoms with Gasteiger partial charge in [-0.25, -0.2) is 9.78 Å². The number of carbonyl (C=O) groups excluding carboxylic acids is 2. The van der Waals surface area contributed by atoms with Crippen LogP contribution in [0.3, 0.4) is 0 Å². The van der Waals surface area contributed by atoms with Crippen LogP contribution in [0.25, 0.3) is 0 Å². The number of aryl methyl sites for hydroxylation is 1. The second-order valence-electron chi connectivity index (χ2n) is 7.47. The Morgan fingerprint density at radius 2 is 2.00 bits per heavy atom. The zero-order valence-corrected chi connectivity index (χ0v) is 17.9. The Morgan fingerprint density at radius 1 is 1.23 bits per heavy atom. The van der Waals surface area contributed by atoms with Gasteiger partial charge in [-0.05, 0) is 43.7 Å². The molecule has 2 aromatic carbocycles. The van der Waals surface area contributed by atoms with E-state index in [4.69, 9.17) is 10.00 Å². The minimum Gasteiger partial charge on any atom is -0.486 e. The number of thiazole rings is 1. The molecule has 1 aromatic heterocycles. The van der Waals surface area contributed by atoms with Crippen molar-refractivity contribution in [2.75, 3.05) is 0 Å². The van der Waals surface area contributed by atoms with Crippen molar-refractivity contribution in [1.82, 2.24) is 15.2 Å². The smallest absolute Gasteiger partial charge is 0.325 e. The Balaban J connectivity index is 1.45. The van der Waals surface area contributed by atoms with E-state index in [2.05, 4.69) is 16.4 Å². The molecule has 0 bridgehead atoms. The van der Waals surface area contributed by atoms with Gasteiger partial charge in [0.1, 0.15) is 22.9 Å². The van der Waals surface area contributed by atoms with Crippen LogP contribution in [0, 0.1) is 18.3 Å². The van der Waals surface area contributed by atoms with Crippen LogP contribution < -0.4 is 10.1 Å². The van der Waals surface area contributed by atoms with E-state index in [-0.39, 0.29) is 12.5 Å². The number of benzene rings is 2. The molecule has 156 valence electrons. The molecular weight excluding hydrogens is 412 g/mol. The molecule has 0 spiro atoms. The molecule has 1 aliphatic heterocycles. The van der Waals surface area contributed by atoms with Gasteiger partial charge in [0.15, 0.2) is 0 Å². The van der Waals surface area contributed by atoms with Crippen LogP contribution in [0.1, 0.15) is 34.3 Å². The summed E-state index contributed by atoms with van der Waals surface area (Å²) in [6.07, 6.45) is 0. The molecule has 1 saturated heterocycles. The maximum atomic E-state index is 13.1. The van der Waals surface area contributed by atoms with Crippen LogP contribution >= 0.6 is 11.3 Å². The number of imide groups is 1. The summed E-state index contributed by atoms with van der Waals surface area (Å²) in [6.45, 7) is 4.04. The molecule has 3 amide bonds. The van der Waals surface area contributed by atoms with Crippen LogP contribution in [0.15, 0.2) is 53.9 Å². The van der Waals surface area contributed by atoms with E-state index in [0.29, 0.717) is 23.4 Å². The zero-order valence-electron chi connectivity index (χ0n) is 17.1. The first-order valence-corrected chi connectivity index (χ1v) is 10.5. The average Bonchev–Trinajstić information content (AvgIpc) is 3.32. The lowest BCUT2D eigenvalue weighted by atomic mass is 9.91. The van der Waals surface area contributed by atoms with Crippen LogP contribution in [0.2, 0.25) is 0 Å². The van der Waals surface area contributed by atoms with Gasteiger partial charge in [-0.2, -0.15) is 5.26 Å². The van der Waals surface area contributed by atoms with Crippen molar-refractivity contribution in [2.24, 2.45) is 0 Å². The van der Waals surface area contributed by atoms with Crippen molar-refractivity contribution >= 4 is 23.3 Å². The van der Waals surface area contributed by atoms with Crippen molar-refractivity contribution in [1.29, 1.82) is 5.26 Å². The van der Waals surface area contributed by atoms with Crippen molar-refractivity contribution in [2.45, 2.75) is 32.5 Å². The number of ether oxygens (including phenoxy) is 1. The van der Waals surface area contributed by atoms with Crippen molar-refractivity contribution < 1.29 is 14.3 Å². The molecule has 2 heterocycles. The monoisotopic (exact) mass is 432 g/mol. The van der Waals surface area contributed by atoms with Crippen LogP contribution in [-0.4, -0.2) is 21.8 Å². The largest absolute Gasteiger partial charge is 0.486 e. The van der Waals surface area contributed by atoms with Crippen molar-refractivity contribution in [3.8, 4) is 11.8 Å². The first-order chi connectivity index (χ1) is 14.9. The summed E-state index contributed by atoms with van der Waals surface area (Å²) in [6, 6.07) is 16.0. The minimum absolute atomic E-state index is 0.0687. The summed E-state index contributed by atoms with van der Waals surface area (Å²) in [5, 5.41) is 14.5. The van der Waals surface area contributed by atoms with E-state index in [0.717, 1.165) is 21.2 Å². The lowest BCUT2D eigenvalue weighted by Gasteiger charge is -2.22. The normalized spacial score (nSPS) is 18.0. The minimum atomic E-state index is -1.22. The quantitative estimate of drug-likeness (QED) is 0.597. The second kappa shape index (κ2) is 8.20. The zero-order chi connectivity index (χ0) is 22.0. The topological polar surface area (TPSA) is 95.3 Å². The van der Waals surface area contributed by atoms with Gasteiger partial charge in [0.25, 0.3) is 5.91 Å². The van der Waals surface area contributed by atoms with E-state index in [1.807, 2.05) is 36.6 Å². The Bertz CT molecular complexity index is 1180. The van der Waals surface area contributed by atoms with Gasteiger partial charge in [-0.3, -0.25) is 9.69 Å². The van der Waals surface area contributed by atoms with Gasteiger partial charge >= 0.3 is 6.03 Å². The van der Waals surface area contributed by atoms with Gasteiger partial charge in [0, 0.05) is 5.38 Å². The molecular formula is C23H20N4O3S. The molecule has 1 fully saturated rings. The summed E-state index contributed by atoms with van der Waals surface area (Å²) in [5.41, 5.74) is 1.54. The molecule has 31 heavy (non-hydrogen) atoms. The summed E-state index contributed by atoms with van der Waals surface area (Å²) >= 11 is 1.42. The Labute approximate surface area is 183 Å². The fraction of sp³-hybridized carbons (Fsp3) is 0.217. The molecule has 1 unspecified atom stereocenters. The molecule has 1 atom stereocenters. The lowest BCUT2D eigenvalue weighted by molar-refractivity contribution is -0.131. The second-order valence-corrected chi connectivity index (χ2v) is 8.42. The summed E-state index contributed by atoms with van der Waals surface area (Å²) in [7, 11) is 0. The molecule has 0 aliphatic carbocycles. The van der Waals surface area contributed by atoms with Crippen molar-refractivity contribution in [3.63, 3.8) is 0 Å². The third-order valence-electron chi connectivity index (χ3n) is 5.15. The molecule has 4 rings (SSSR count). The first kappa shape index (κ1) is 20.6. The van der Waals surface area contributed by atoms with Gasteiger partial charge in [-0.15, -0.1) is 11.3 Å². The van der Waals surface area contributed by atoms with Gasteiger partial charge in [0.05, 0.1) is 23.9 Å². The number of rotatable bonds is 6. The maximum absolute atomic E-state index is 13.1. The number of urea groups is 1. The third kappa shape index (κ3) is 4.13. The number of carbonyl (C=O) groups is 2. The number of amides is 3. The molecule has 8 heteroatoms. The van der Waals surface area contributed by atoms with Gasteiger partial charge < -0.3 is 10.1 Å². The van der Waals surface area contributed by atoms with Crippen LogP contribution in [-0.2, 0) is 23.5 Å². The average molecular weight is 433 g/mol. The molecule has 1 N–H and O–H groups in total. The van der Waals surface area contributed by atoms with E-state index in [9.17, 15) is 9.59 Å². The summed E-state index contributed by atoms with van der Waals surface area (Å²) < 4.78 is 5.75. The SMILES string of the molecule is Cc1ccc(OCc2nc(CN3C(=O)NC(C)(c4cccc(C#N)c4)C3=O)cs2)cc1. The molecule has 0 saturated carbocycles. The van der Waals surface area contributed by atoms with Gasteiger partial charge in [0.2, 0.25) is 0 Å². The summed E-state index contributed by atoms with van der Waals surface area (Å²) in [5.74, 6) is 0.379. The predicted octanol–water partition coefficient (Wildman–Crippen LogP) is 3.87. The highest BCUT2D eigenvalue weighted by atomic mass is 32.1. The van der Waals surface area contributed by atoms with Crippen LogP contribution in [0.4, 0.5) is 4.79 Å². The van der Waals surface area contributed by atoms with E-state index < -0.39 is 11.6 Å². The summed E-state index contributed by atoms with van der Waals surface area (Å²) in [4.78, 5) is 31.3. The third-order valence-corrected chi connectivity index (χ3v) is 6.02. The van der Waals surface area contributed by atoms with Gasteiger partial charge in [-0.1, -0.05) is 29.8 Å². The fourth-order valence-electron chi connectivity index (χ4n) is 3.37. The Kier molecular flexibility index (Phi) is 5.44. The number of nitriles is 1. The Hall–Kier alpha value is -3.70. The van der Waals surface area contributed by atoms with Crippen LogP contribution in [0.5, 0.6) is 5.75 Å². The number of nitrogens with one attached hydrogen (secondary N) is 1.